The van der Waals surface area contributed by atoms with Gasteiger partial charge in [-0.15, -0.1) is 0 Å². The SMILES string of the molecule is CC(O)c1ccc(N(C)Cc2cccnc2)c(F)c1. The Bertz CT molecular complexity index is 543. The van der Waals surface area contributed by atoms with Gasteiger partial charge in [0, 0.05) is 26.0 Å². The van der Waals surface area contributed by atoms with E-state index in [0.29, 0.717) is 17.8 Å². The van der Waals surface area contributed by atoms with Crippen LogP contribution in [-0.4, -0.2) is 17.1 Å². The summed E-state index contributed by atoms with van der Waals surface area (Å²) in [5.41, 5.74) is 2.10. The fourth-order valence-electron chi connectivity index (χ4n) is 1.94. The van der Waals surface area contributed by atoms with Crippen LogP contribution in [0.1, 0.15) is 24.2 Å². The highest BCUT2D eigenvalue weighted by Gasteiger charge is 2.10. The lowest BCUT2D eigenvalue weighted by Crippen LogP contribution is -2.18. The standard InChI is InChI=1S/C15H17FN2O/c1-11(19)13-5-6-15(14(16)8-13)18(2)10-12-4-3-7-17-9-12/h3-9,11,19H,10H2,1-2H3. The maximum atomic E-state index is 14.0. The van der Waals surface area contributed by atoms with Crippen molar-refractivity contribution >= 4 is 5.69 Å². The van der Waals surface area contributed by atoms with Crippen LogP contribution in [-0.2, 0) is 6.54 Å². The average molecular weight is 260 g/mol. The highest BCUT2D eigenvalue weighted by atomic mass is 19.1. The van der Waals surface area contributed by atoms with E-state index in [1.54, 1.807) is 31.5 Å². The van der Waals surface area contributed by atoms with E-state index in [4.69, 9.17) is 0 Å². The van der Waals surface area contributed by atoms with Gasteiger partial charge in [0.2, 0.25) is 0 Å². The molecule has 0 saturated heterocycles. The summed E-state index contributed by atoms with van der Waals surface area (Å²) in [6.45, 7) is 2.20. The van der Waals surface area contributed by atoms with Gasteiger partial charge < -0.3 is 10.0 Å². The van der Waals surface area contributed by atoms with E-state index in [9.17, 15) is 9.50 Å². The van der Waals surface area contributed by atoms with Gasteiger partial charge in [-0.1, -0.05) is 12.1 Å². The Labute approximate surface area is 112 Å². The van der Waals surface area contributed by atoms with E-state index in [0.717, 1.165) is 5.56 Å². The number of nitrogens with zero attached hydrogens (tertiary/aromatic N) is 2. The lowest BCUT2D eigenvalue weighted by atomic mass is 10.1. The summed E-state index contributed by atoms with van der Waals surface area (Å²) in [5.74, 6) is -0.329. The van der Waals surface area contributed by atoms with Crippen LogP contribution < -0.4 is 4.90 Å². The summed E-state index contributed by atoms with van der Waals surface area (Å²) in [6, 6.07) is 8.61. The summed E-state index contributed by atoms with van der Waals surface area (Å²) in [7, 11) is 1.83. The van der Waals surface area contributed by atoms with Crippen LogP contribution in [0, 0.1) is 5.82 Å². The molecule has 1 N–H and O–H groups in total. The van der Waals surface area contributed by atoms with Gasteiger partial charge in [-0.05, 0) is 36.2 Å². The van der Waals surface area contributed by atoms with Crippen LogP contribution in [0.3, 0.4) is 0 Å². The highest BCUT2D eigenvalue weighted by molar-refractivity contribution is 5.49. The summed E-state index contributed by atoms with van der Waals surface area (Å²) >= 11 is 0. The third-order valence-corrected chi connectivity index (χ3v) is 3.01. The number of hydrogen-bond acceptors (Lipinski definition) is 3. The van der Waals surface area contributed by atoms with Gasteiger partial charge in [0.25, 0.3) is 0 Å². The van der Waals surface area contributed by atoms with E-state index in [-0.39, 0.29) is 5.82 Å². The zero-order chi connectivity index (χ0) is 13.8. The van der Waals surface area contributed by atoms with Crippen molar-refractivity contribution in [2.24, 2.45) is 0 Å². The molecule has 3 nitrogen and oxygen atoms in total. The second kappa shape index (κ2) is 5.80. The molecule has 1 atom stereocenters. The quantitative estimate of drug-likeness (QED) is 0.918. The van der Waals surface area contributed by atoms with Crippen molar-refractivity contribution in [3.8, 4) is 0 Å². The Morgan fingerprint density at radius 1 is 1.37 bits per heavy atom. The maximum absolute atomic E-state index is 14.0. The molecule has 2 rings (SSSR count). The molecule has 19 heavy (non-hydrogen) atoms. The first-order valence-electron chi connectivity index (χ1n) is 6.15. The monoisotopic (exact) mass is 260 g/mol. The molecule has 0 aliphatic heterocycles. The van der Waals surface area contributed by atoms with Crippen LogP contribution in [0.5, 0.6) is 0 Å². The van der Waals surface area contributed by atoms with Gasteiger partial charge >= 0.3 is 0 Å². The molecule has 4 heteroatoms. The van der Waals surface area contributed by atoms with Crippen molar-refractivity contribution in [1.29, 1.82) is 0 Å². The predicted octanol–water partition coefficient (Wildman–Crippen LogP) is 2.91. The summed E-state index contributed by atoms with van der Waals surface area (Å²) in [4.78, 5) is 5.86. The number of aliphatic hydroxyl groups excluding tert-OH is 1. The molecular formula is C15H17FN2O. The van der Waals surface area contributed by atoms with Crippen molar-refractivity contribution in [3.05, 3.63) is 59.7 Å². The third kappa shape index (κ3) is 3.29. The van der Waals surface area contributed by atoms with Crippen molar-refractivity contribution < 1.29 is 9.50 Å². The molecule has 1 heterocycles. The van der Waals surface area contributed by atoms with Crippen molar-refractivity contribution in [3.63, 3.8) is 0 Å². The fourth-order valence-corrected chi connectivity index (χ4v) is 1.94. The highest BCUT2D eigenvalue weighted by Crippen LogP contribution is 2.23. The molecule has 1 unspecified atom stereocenters. The normalized spacial score (nSPS) is 12.2. The molecule has 0 bridgehead atoms. The van der Waals surface area contributed by atoms with E-state index in [1.165, 1.54) is 6.07 Å². The number of aromatic nitrogens is 1. The smallest absolute Gasteiger partial charge is 0.146 e. The molecule has 0 spiro atoms. The van der Waals surface area contributed by atoms with E-state index in [2.05, 4.69) is 4.98 Å². The summed E-state index contributed by atoms with van der Waals surface area (Å²) < 4.78 is 14.0. The average Bonchev–Trinajstić information content (AvgIpc) is 2.39. The van der Waals surface area contributed by atoms with Gasteiger partial charge in [0.1, 0.15) is 5.82 Å². The van der Waals surface area contributed by atoms with Crippen LogP contribution in [0.4, 0.5) is 10.1 Å². The molecule has 0 fully saturated rings. The Kier molecular flexibility index (Phi) is 4.12. The molecule has 0 aliphatic rings. The number of anilines is 1. The number of halogens is 1. The zero-order valence-electron chi connectivity index (χ0n) is 11.0. The van der Waals surface area contributed by atoms with Gasteiger partial charge in [-0.3, -0.25) is 4.98 Å². The Hall–Kier alpha value is -1.94. The van der Waals surface area contributed by atoms with E-state index < -0.39 is 6.10 Å². The predicted molar refractivity (Wildman–Crippen MR) is 73.4 cm³/mol. The van der Waals surface area contributed by atoms with Crippen LogP contribution >= 0.6 is 0 Å². The van der Waals surface area contributed by atoms with Gasteiger partial charge in [0.15, 0.2) is 0 Å². The second-order valence-corrected chi connectivity index (χ2v) is 4.60. The second-order valence-electron chi connectivity index (χ2n) is 4.60. The minimum absolute atomic E-state index is 0.329. The number of rotatable bonds is 4. The number of aliphatic hydroxyl groups is 1. The zero-order valence-corrected chi connectivity index (χ0v) is 11.0. The van der Waals surface area contributed by atoms with Crippen LogP contribution in [0.15, 0.2) is 42.7 Å². The molecular weight excluding hydrogens is 243 g/mol. The van der Waals surface area contributed by atoms with E-state index in [1.807, 2.05) is 24.1 Å². The Morgan fingerprint density at radius 3 is 2.74 bits per heavy atom. The first kappa shape index (κ1) is 13.5. The Balaban J connectivity index is 2.17. The van der Waals surface area contributed by atoms with Gasteiger partial charge in [-0.2, -0.15) is 0 Å². The molecule has 0 amide bonds. The fraction of sp³-hybridized carbons (Fsp3) is 0.267. The van der Waals surface area contributed by atoms with Gasteiger partial charge in [0.05, 0.1) is 11.8 Å². The van der Waals surface area contributed by atoms with Crippen molar-refractivity contribution in [1.82, 2.24) is 4.98 Å². The number of hydrogen-bond donors (Lipinski definition) is 1. The minimum atomic E-state index is -0.660. The van der Waals surface area contributed by atoms with Crippen LogP contribution in [0.25, 0.3) is 0 Å². The largest absolute Gasteiger partial charge is 0.389 e. The Morgan fingerprint density at radius 2 is 2.16 bits per heavy atom. The topological polar surface area (TPSA) is 36.4 Å². The lowest BCUT2D eigenvalue weighted by molar-refractivity contribution is 0.199. The molecule has 0 aliphatic carbocycles. The molecule has 0 radical (unpaired) electrons. The maximum Gasteiger partial charge on any atom is 0.146 e. The third-order valence-electron chi connectivity index (χ3n) is 3.01. The molecule has 0 saturated carbocycles. The number of benzene rings is 1. The lowest BCUT2D eigenvalue weighted by Gasteiger charge is -2.20. The van der Waals surface area contributed by atoms with Crippen molar-refractivity contribution in [2.45, 2.75) is 19.6 Å². The molecule has 1 aromatic heterocycles. The molecule has 100 valence electrons. The van der Waals surface area contributed by atoms with E-state index >= 15 is 0 Å². The van der Waals surface area contributed by atoms with Crippen LogP contribution in [0.2, 0.25) is 0 Å². The first-order chi connectivity index (χ1) is 9.08. The number of pyridine rings is 1. The summed E-state index contributed by atoms with van der Waals surface area (Å²) in [5, 5.41) is 9.42. The minimum Gasteiger partial charge on any atom is -0.389 e. The summed E-state index contributed by atoms with van der Waals surface area (Å²) in [6.07, 6.45) is 2.81. The first-order valence-corrected chi connectivity index (χ1v) is 6.15. The molecule has 2 aromatic rings. The van der Waals surface area contributed by atoms with Crippen molar-refractivity contribution in [2.75, 3.05) is 11.9 Å². The molecule has 1 aromatic carbocycles. The van der Waals surface area contributed by atoms with Gasteiger partial charge in [-0.25, -0.2) is 4.39 Å².